The Labute approximate surface area is 300 Å². The molecule has 0 saturated carbocycles. The fraction of sp³-hybridized carbons (Fsp3) is 0.297. The predicted molar refractivity (Wildman–Crippen MR) is 201 cm³/mol. The Balaban J connectivity index is 0.00000504. The molecule has 1 aliphatic heterocycles. The van der Waals surface area contributed by atoms with Gasteiger partial charge in [0.05, 0.1) is 32.3 Å². The number of nitro groups is 1. The number of anilines is 1. The van der Waals surface area contributed by atoms with Crippen LogP contribution in [0.5, 0.6) is 0 Å². The Morgan fingerprint density at radius 2 is 1.55 bits per heavy atom. The normalized spacial score (nSPS) is 12.6. The maximum atomic E-state index is 13.8. The van der Waals surface area contributed by atoms with Gasteiger partial charge in [0, 0.05) is 60.5 Å². The van der Waals surface area contributed by atoms with E-state index in [0.29, 0.717) is 90.9 Å². The molecular formula is C37H40ClN7O6. The van der Waals surface area contributed by atoms with E-state index in [1.807, 2.05) is 50.3 Å². The fourth-order valence-corrected chi connectivity index (χ4v) is 6.47. The molecule has 13 nitrogen and oxygen atoms in total. The summed E-state index contributed by atoms with van der Waals surface area (Å²) in [7, 11) is 5.78. The largest absolute Gasteiger partial charge is 0.384 e. The van der Waals surface area contributed by atoms with E-state index in [-0.39, 0.29) is 46.6 Å². The summed E-state index contributed by atoms with van der Waals surface area (Å²) >= 11 is 0. The van der Waals surface area contributed by atoms with Crippen LogP contribution < -0.4 is 16.1 Å². The molecule has 0 bridgehead atoms. The Morgan fingerprint density at radius 3 is 2.22 bits per heavy atom. The average molecular weight is 714 g/mol. The van der Waals surface area contributed by atoms with Crippen molar-refractivity contribution in [2.75, 3.05) is 65.7 Å². The average Bonchev–Trinajstić information content (AvgIpc) is 3.10. The number of hydrogen-bond acceptors (Lipinski definition) is 9. The number of benzene rings is 4. The Kier molecular flexibility index (Phi) is 11.3. The zero-order valence-corrected chi connectivity index (χ0v) is 29.5. The molecule has 3 N–H and O–H groups in total. The van der Waals surface area contributed by atoms with Crippen molar-refractivity contribution in [3.05, 3.63) is 104 Å². The lowest BCUT2D eigenvalue weighted by atomic mass is 9.94. The number of nitro benzene ring substituents is 1. The first-order chi connectivity index (χ1) is 24.0. The van der Waals surface area contributed by atoms with Gasteiger partial charge in [-0.3, -0.25) is 34.2 Å². The summed E-state index contributed by atoms with van der Waals surface area (Å²) in [6.45, 7) is 3.23. The second kappa shape index (κ2) is 15.7. The van der Waals surface area contributed by atoms with E-state index in [9.17, 15) is 29.3 Å². The molecule has 0 radical (unpaired) electrons. The van der Waals surface area contributed by atoms with Crippen molar-refractivity contribution >= 4 is 74.1 Å². The number of carbonyl (C=O) groups is 3. The summed E-state index contributed by atoms with van der Waals surface area (Å²) in [5.74, 6) is -0.878. The minimum atomic E-state index is -0.547. The minimum Gasteiger partial charge on any atom is -0.384 e. The summed E-state index contributed by atoms with van der Waals surface area (Å²) in [6.07, 6.45) is 1.31. The molecule has 4 aromatic carbocycles. The molecule has 14 heteroatoms. The number of pyridine rings is 1. The van der Waals surface area contributed by atoms with Gasteiger partial charge in [-0.2, -0.15) is 0 Å². The van der Waals surface area contributed by atoms with Crippen LogP contribution in [0.4, 0.5) is 11.4 Å². The number of non-ortho nitro benzene ring substituents is 1. The molecule has 0 spiro atoms. The van der Waals surface area contributed by atoms with Crippen LogP contribution in [-0.4, -0.2) is 103 Å². The lowest BCUT2D eigenvalue weighted by Gasteiger charge is -2.28. The number of hydrogen-bond donors (Lipinski definition) is 3. The van der Waals surface area contributed by atoms with Gasteiger partial charge in [-0.05, 0) is 82.8 Å². The first kappa shape index (κ1) is 36.9. The number of nitrogens with zero attached hydrogens (tertiary/aromatic N) is 4. The van der Waals surface area contributed by atoms with Gasteiger partial charge in [-0.25, -0.2) is 0 Å². The number of amides is 3. The van der Waals surface area contributed by atoms with Crippen LogP contribution in [0, 0.1) is 10.1 Å². The van der Waals surface area contributed by atoms with Crippen molar-refractivity contribution in [3.63, 3.8) is 0 Å². The highest BCUT2D eigenvalue weighted by molar-refractivity contribution is 6.25. The van der Waals surface area contributed by atoms with Crippen LogP contribution >= 0.6 is 12.4 Å². The number of imide groups is 1. The van der Waals surface area contributed by atoms with Crippen molar-refractivity contribution < 1.29 is 19.3 Å². The number of aromatic nitrogens is 1. The summed E-state index contributed by atoms with van der Waals surface area (Å²) in [5.41, 5.74) is 2.03. The van der Waals surface area contributed by atoms with Gasteiger partial charge < -0.3 is 25.4 Å². The SMILES string of the molecule is CN(C)CCNC(=O)c1ccc(NCCCN(C)CCCN2C(=O)c3cccc4cccc(c34)C2=O)c2c(=O)c3cc([N+](=O)[O-])ccc3[nH]c12.Cl. The molecular weight excluding hydrogens is 674 g/mol. The fourth-order valence-electron chi connectivity index (χ4n) is 6.47. The van der Waals surface area contributed by atoms with Gasteiger partial charge in [0.2, 0.25) is 0 Å². The molecule has 1 aliphatic rings. The summed E-state index contributed by atoms with van der Waals surface area (Å²) in [4.78, 5) is 72.9. The zero-order chi connectivity index (χ0) is 35.5. The molecule has 1 aromatic heterocycles. The molecule has 0 unspecified atom stereocenters. The topological polar surface area (TPSA) is 161 Å². The number of fused-ring (bicyclic) bond motifs is 2. The van der Waals surface area contributed by atoms with Gasteiger partial charge in [-0.1, -0.05) is 24.3 Å². The highest BCUT2D eigenvalue weighted by Crippen LogP contribution is 2.30. The van der Waals surface area contributed by atoms with Crippen LogP contribution in [0.15, 0.2) is 71.5 Å². The first-order valence-electron chi connectivity index (χ1n) is 16.6. The van der Waals surface area contributed by atoms with Crippen LogP contribution in [0.2, 0.25) is 0 Å². The van der Waals surface area contributed by atoms with Crippen LogP contribution in [0.25, 0.3) is 32.6 Å². The van der Waals surface area contributed by atoms with E-state index >= 15 is 0 Å². The molecule has 3 amide bonds. The monoisotopic (exact) mass is 713 g/mol. The second-order valence-electron chi connectivity index (χ2n) is 12.8. The Hall–Kier alpha value is -5.37. The van der Waals surface area contributed by atoms with Crippen LogP contribution in [-0.2, 0) is 0 Å². The third kappa shape index (κ3) is 7.55. The molecule has 266 valence electrons. The maximum absolute atomic E-state index is 13.8. The van der Waals surface area contributed by atoms with Crippen molar-refractivity contribution in [3.8, 4) is 0 Å². The first-order valence-corrected chi connectivity index (χ1v) is 16.6. The number of carbonyl (C=O) groups excluding carboxylic acids is 3. The highest BCUT2D eigenvalue weighted by atomic mass is 35.5. The number of nitrogens with one attached hydrogen (secondary N) is 3. The molecule has 5 aromatic rings. The van der Waals surface area contributed by atoms with Gasteiger partial charge >= 0.3 is 0 Å². The van der Waals surface area contributed by atoms with E-state index in [2.05, 4.69) is 20.5 Å². The Bertz CT molecular complexity index is 2170. The quantitative estimate of drug-likeness (QED) is 0.0479. The van der Waals surface area contributed by atoms with Gasteiger partial charge in [0.25, 0.3) is 23.4 Å². The molecule has 0 fully saturated rings. The van der Waals surface area contributed by atoms with E-state index in [0.717, 1.165) is 5.39 Å². The van der Waals surface area contributed by atoms with E-state index in [4.69, 9.17) is 0 Å². The Morgan fingerprint density at radius 1 is 0.863 bits per heavy atom. The van der Waals surface area contributed by atoms with Crippen molar-refractivity contribution in [2.45, 2.75) is 12.8 Å². The molecule has 2 heterocycles. The summed E-state index contributed by atoms with van der Waals surface area (Å²) in [6, 6.07) is 18.4. The van der Waals surface area contributed by atoms with Crippen molar-refractivity contribution in [1.29, 1.82) is 0 Å². The van der Waals surface area contributed by atoms with E-state index in [1.54, 1.807) is 24.3 Å². The highest BCUT2D eigenvalue weighted by Gasteiger charge is 2.32. The van der Waals surface area contributed by atoms with Crippen LogP contribution in [0.1, 0.15) is 43.9 Å². The maximum Gasteiger partial charge on any atom is 0.270 e. The number of rotatable bonds is 14. The molecule has 6 rings (SSSR count). The van der Waals surface area contributed by atoms with Gasteiger partial charge in [0.15, 0.2) is 5.43 Å². The van der Waals surface area contributed by atoms with E-state index < -0.39 is 10.4 Å². The molecule has 0 aliphatic carbocycles. The number of halogens is 1. The standard InChI is InChI=1S/C37H39N7O6.ClH/c1-41(2)21-17-39-35(46)27-13-15-30(32-33(27)40-29-14-12-24(44(49)50)22-28(29)34(32)45)38-16-6-18-42(3)19-7-20-43-36(47)25-10-4-8-23-9-5-11-26(31(23)25)37(43)48;/h4-5,8-15,22,38H,6-7,16-21H2,1-3H3,(H,39,46)(H,40,45);1H. The molecule has 51 heavy (non-hydrogen) atoms. The smallest absolute Gasteiger partial charge is 0.270 e. The number of aromatic amines is 1. The summed E-state index contributed by atoms with van der Waals surface area (Å²) < 4.78 is 0. The summed E-state index contributed by atoms with van der Waals surface area (Å²) in [5, 5.41) is 19.7. The third-order valence-electron chi connectivity index (χ3n) is 9.05. The molecule has 0 atom stereocenters. The van der Waals surface area contributed by atoms with Gasteiger partial charge in [-0.15, -0.1) is 12.4 Å². The van der Waals surface area contributed by atoms with E-state index in [1.165, 1.54) is 23.1 Å². The van der Waals surface area contributed by atoms with Crippen LogP contribution in [0.3, 0.4) is 0 Å². The lowest BCUT2D eigenvalue weighted by Crippen LogP contribution is -2.41. The minimum absolute atomic E-state index is 0. The van der Waals surface area contributed by atoms with Crippen molar-refractivity contribution in [2.24, 2.45) is 0 Å². The van der Waals surface area contributed by atoms with Crippen molar-refractivity contribution in [1.82, 2.24) is 25.0 Å². The third-order valence-corrected chi connectivity index (χ3v) is 9.05. The zero-order valence-electron chi connectivity index (χ0n) is 28.7. The lowest BCUT2D eigenvalue weighted by molar-refractivity contribution is -0.384. The second-order valence-corrected chi connectivity index (χ2v) is 12.8. The predicted octanol–water partition coefficient (Wildman–Crippen LogP) is 4.88. The van der Waals surface area contributed by atoms with Gasteiger partial charge in [0.1, 0.15) is 0 Å². The number of H-pyrrole nitrogens is 1. The molecule has 0 saturated heterocycles. The number of likely N-dealkylation sites (N-methyl/N-ethyl adjacent to an activating group) is 1.